The van der Waals surface area contributed by atoms with Crippen LogP contribution >= 0.6 is 11.6 Å². The van der Waals surface area contributed by atoms with Crippen molar-refractivity contribution >= 4 is 17.6 Å². The number of hydrogen-bond donors (Lipinski definition) is 1. The van der Waals surface area contributed by atoms with Crippen molar-refractivity contribution in [2.75, 3.05) is 13.2 Å². The van der Waals surface area contributed by atoms with Crippen molar-refractivity contribution in [2.45, 2.75) is 39.7 Å². The summed E-state index contributed by atoms with van der Waals surface area (Å²) in [6, 6.07) is 3.70. The molecule has 0 amide bonds. The molecule has 1 aromatic carbocycles. The van der Waals surface area contributed by atoms with Crippen molar-refractivity contribution in [3.63, 3.8) is 0 Å². The maximum Gasteiger partial charge on any atom is 0.336 e. The number of aryl methyl sites for hydroxylation is 1. The summed E-state index contributed by atoms with van der Waals surface area (Å²) in [4.78, 5) is 11.0. The zero-order chi connectivity index (χ0) is 15.3. The van der Waals surface area contributed by atoms with Gasteiger partial charge in [0.05, 0.1) is 0 Å². The van der Waals surface area contributed by atoms with E-state index in [4.69, 9.17) is 26.2 Å². The zero-order valence-electron chi connectivity index (χ0n) is 12.3. The number of carboxylic acids is 1. The Morgan fingerprint density at radius 3 is 2.55 bits per heavy atom. The molecular formula is C15H21ClO4. The standard InChI is InChI=1S/C15H21ClO4/c1-5-19-14(15(17)18)8-20-13-7-11(9(2)3)12(16)6-10(13)4/h6-7,9,14H,5,8H2,1-4H3,(H,17,18). The third-order valence-electron chi connectivity index (χ3n) is 2.95. The Morgan fingerprint density at radius 1 is 1.40 bits per heavy atom. The van der Waals surface area contributed by atoms with E-state index < -0.39 is 12.1 Å². The lowest BCUT2D eigenvalue weighted by atomic mass is 10.0. The van der Waals surface area contributed by atoms with Crippen LogP contribution in [0.1, 0.15) is 37.8 Å². The Labute approximate surface area is 124 Å². The van der Waals surface area contributed by atoms with Gasteiger partial charge in [-0.2, -0.15) is 0 Å². The van der Waals surface area contributed by atoms with Gasteiger partial charge in [0.15, 0.2) is 6.10 Å². The van der Waals surface area contributed by atoms with Crippen LogP contribution in [0.2, 0.25) is 5.02 Å². The summed E-state index contributed by atoms with van der Waals surface area (Å²) < 4.78 is 10.7. The van der Waals surface area contributed by atoms with Gasteiger partial charge in [-0.25, -0.2) is 4.79 Å². The van der Waals surface area contributed by atoms with Crippen LogP contribution < -0.4 is 4.74 Å². The molecule has 112 valence electrons. The molecule has 0 saturated carbocycles. The van der Waals surface area contributed by atoms with Crippen LogP contribution in [0.4, 0.5) is 0 Å². The fraction of sp³-hybridized carbons (Fsp3) is 0.533. The van der Waals surface area contributed by atoms with Crippen molar-refractivity contribution in [3.8, 4) is 5.75 Å². The zero-order valence-corrected chi connectivity index (χ0v) is 13.0. The van der Waals surface area contributed by atoms with Crippen LogP contribution in [0, 0.1) is 6.92 Å². The predicted molar refractivity (Wildman–Crippen MR) is 78.8 cm³/mol. The first-order valence-corrected chi connectivity index (χ1v) is 7.01. The number of aliphatic carboxylic acids is 1. The summed E-state index contributed by atoms with van der Waals surface area (Å²) in [5.74, 6) is -0.112. The third kappa shape index (κ3) is 4.39. The highest BCUT2D eigenvalue weighted by atomic mass is 35.5. The normalized spacial score (nSPS) is 12.5. The van der Waals surface area contributed by atoms with Crippen molar-refractivity contribution in [1.29, 1.82) is 0 Å². The molecule has 1 unspecified atom stereocenters. The van der Waals surface area contributed by atoms with E-state index in [1.54, 1.807) is 6.92 Å². The van der Waals surface area contributed by atoms with Gasteiger partial charge in [0.25, 0.3) is 0 Å². The summed E-state index contributed by atoms with van der Waals surface area (Å²) in [6.07, 6.45) is -0.961. The van der Waals surface area contributed by atoms with Gasteiger partial charge in [-0.15, -0.1) is 0 Å². The van der Waals surface area contributed by atoms with Crippen LogP contribution in [0.3, 0.4) is 0 Å². The average molecular weight is 301 g/mol. The minimum absolute atomic E-state index is 0.0246. The lowest BCUT2D eigenvalue weighted by Gasteiger charge is -2.17. The van der Waals surface area contributed by atoms with Gasteiger partial charge in [0.2, 0.25) is 0 Å². The van der Waals surface area contributed by atoms with E-state index >= 15 is 0 Å². The molecule has 0 heterocycles. The lowest BCUT2D eigenvalue weighted by molar-refractivity contribution is -0.152. The summed E-state index contributed by atoms with van der Waals surface area (Å²) in [5, 5.41) is 9.71. The highest BCUT2D eigenvalue weighted by Crippen LogP contribution is 2.31. The van der Waals surface area contributed by atoms with E-state index in [-0.39, 0.29) is 12.5 Å². The van der Waals surface area contributed by atoms with Gasteiger partial charge < -0.3 is 14.6 Å². The highest BCUT2D eigenvalue weighted by molar-refractivity contribution is 6.31. The molecule has 0 saturated heterocycles. The summed E-state index contributed by atoms with van der Waals surface area (Å²) in [7, 11) is 0. The number of rotatable bonds is 7. The van der Waals surface area contributed by atoms with Crippen molar-refractivity contribution in [1.82, 2.24) is 0 Å². The Balaban J connectivity index is 2.86. The molecular weight excluding hydrogens is 280 g/mol. The first kappa shape index (κ1) is 16.8. The molecule has 1 N–H and O–H groups in total. The molecule has 4 nitrogen and oxygen atoms in total. The number of hydrogen-bond acceptors (Lipinski definition) is 3. The minimum Gasteiger partial charge on any atom is -0.490 e. The Bertz CT molecular complexity index is 471. The molecule has 0 aliphatic heterocycles. The second kappa shape index (κ2) is 7.50. The average Bonchev–Trinajstić information content (AvgIpc) is 2.35. The lowest BCUT2D eigenvalue weighted by Crippen LogP contribution is -2.30. The Kier molecular flexibility index (Phi) is 6.30. The van der Waals surface area contributed by atoms with Crippen LogP contribution in [0.5, 0.6) is 5.75 Å². The topological polar surface area (TPSA) is 55.8 Å². The molecule has 0 fully saturated rings. The maximum atomic E-state index is 11.0. The van der Waals surface area contributed by atoms with Gasteiger partial charge in [0, 0.05) is 11.6 Å². The minimum atomic E-state index is -1.03. The monoisotopic (exact) mass is 300 g/mol. The highest BCUT2D eigenvalue weighted by Gasteiger charge is 2.19. The van der Waals surface area contributed by atoms with Crippen LogP contribution in [-0.2, 0) is 9.53 Å². The van der Waals surface area contributed by atoms with Gasteiger partial charge in [-0.1, -0.05) is 25.4 Å². The molecule has 5 heteroatoms. The molecule has 0 radical (unpaired) electrons. The Hall–Kier alpha value is -1.26. The molecule has 1 rings (SSSR count). The largest absolute Gasteiger partial charge is 0.490 e. The first-order valence-electron chi connectivity index (χ1n) is 6.64. The molecule has 0 spiro atoms. The fourth-order valence-electron chi connectivity index (χ4n) is 1.82. The molecule has 20 heavy (non-hydrogen) atoms. The van der Waals surface area contributed by atoms with Crippen molar-refractivity contribution < 1.29 is 19.4 Å². The van der Waals surface area contributed by atoms with Gasteiger partial charge >= 0.3 is 5.97 Å². The predicted octanol–water partition coefficient (Wildman–Crippen LogP) is 3.64. The number of carbonyl (C=O) groups is 1. The van der Waals surface area contributed by atoms with Crippen molar-refractivity contribution in [2.24, 2.45) is 0 Å². The fourth-order valence-corrected chi connectivity index (χ4v) is 2.26. The first-order chi connectivity index (χ1) is 9.36. The molecule has 0 aromatic heterocycles. The smallest absolute Gasteiger partial charge is 0.336 e. The van der Waals surface area contributed by atoms with E-state index in [9.17, 15) is 4.79 Å². The second-order valence-electron chi connectivity index (χ2n) is 4.89. The summed E-state index contributed by atoms with van der Waals surface area (Å²) in [5.41, 5.74) is 1.86. The molecule has 1 aromatic rings. The second-order valence-corrected chi connectivity index (χ2v) is 5.29. The van der Waals surface area contributed by atoms with E-state index in [0.29, 0.717) is 17.4 Å². The molecule has 1 atom stereocenters. The third-order valence-corrected chi connectivity index (χ3v) is 3.28. The number of ether oxygens (including phenoxy) is 2. The van der Waals surface area contributed by atoms with Crippen LogP contribution in [-0.4, -0.2) is 30.4 Å². The van der Waals surface area contributed by atoms with Gasteiger partial charge in [-0.05, 0) is 43.0 Å². The summed E-state index contributed by atoms with van der Waals surface area (Å²) in [6.45, 7) is 8.02. The summed E-state index contributed by atoms with van der Waals surface area (Å²) >= 11 is 6.19. The van der Waals surface area contributed by atoms with E-state index in [1.165, 1.54) is 0 Å². The SMILES string of the molecule is CCOC(COc1cc(C(C)C)c(Cl)cc1C)C(=O)O. The van der Waals surface area contributed by atoms with Gasteiger partial charge in [-0.3, -0.25) is 0 Å². The molecule has 0 aliphatic rings. The Morgan fingerprint density at radius 2 is 2.05 bits per heavy atom. The van der Waals surface area contributed by atoms with E-state index in [2.05, 4.69) is 0 Å². The van der Waals surface area contributed by atoms with Crippen LogP contribution in [0.25, 0.3) is 0 Å². The van der Waals surface area contributed by atoms with Crippen LogP contribution in [0.15, 0.2) is 12.1 Å². The molecule has 0 aliphatic carbocycles. The van der Waals surface area contributed by atoms with E-state index in [0.717, 1.165) is 11.1 Å². The van der Waals surface area contributed by atoms with E-state index in [1.807, 2.05) is 32.9 Å². The quantitative estimate of drug-likeness (QED) is 0.835. The van der Waals surface area contributed by atoms with Crippen molar-refractivity contribution in [3.05, 3.63) is 28.3 Å². The number of halogens is 1. The maximum absolute atomic E-state index is 11.0. The van der Waals surface area contributed by atoms with Gasteiger partial charge in [0.1, 0.15) is 12.4 Å². The molecule has 0 bridgehead atoms. The number of carboxylic acid groups (broad SMARTS) is 1. The number of benzene rings is 1.